The van der Waals surface area contributed by atoms with E-state index in [1.807, 2.05) is 57.2 Å². The van der Waals surface area contributed by atoms with Gasteiger partial charge in [0.2, 0.25) is 0 Å². The monoisotopic (exact) mass is 204 g/mol. The van der Waals surface area contributed by atoms with Crippen LogP contribution >= 0.6 is 0 Å². The van der Waals surface area contributed by atoms with E-state index in [1.165, 1.54) is 0 Å². The first-order chi connectivity index (χ1) is 7.03. The molecule has 1 heteroatoms. The van der Waals surface area contributed by atoms with Gasteiger partial charge >= 0.3 is 0 Å². The van der Waals surface area contributed by atoms with Crippen molar-refractivity contribution in [3.63, 3.8) is 0 Å². The van der Waals surface area contributed by atoms with Crippen LogP contribution in [0.15, 0.2) is 43.0 Å². The van der Waals surface area contributed by atoms with Crippen molar-refractivity contribution < 1.29 is 5.11 Å². The molecular formula is C14H20O. The second-order valence-corrected chi connectivity index (χ2v) is 4.37. The minimum absolute atomic E-state index is 0.0416. The van der Waals surface area contributed by atoms with Crippen LogP contribution in [0.5, 0.6) is 0 Å². The Balaban J connectivity index is 3.18. The molecule has 2 unspecified atom stereocenters. The smallest absolute Gasteiger partial charge is 0.0978 e. The molecular weight excluding hydrogens is 184 g/mol. The average Bonchev–Trinajstić information content (AvgIpc) is 2.27. The molecule has 0 heterocycles. The van der Waals surface area contributed by atoms with Crippen molar-refractivity contribution in [2.75, 3.05) is 0 Å². The van der Waals surface area contributed by atoms with Crippen LogP contribution in [-0.2, 0) is 5.60 Å². The predicted octanol–water partition coefficient (Wildman–Crippen LogP) is 3.35. The van der Waals surface area contributed by atoms with Crippen LogP contribution in [0.3, 0.4) is 0 Å². The fourth-order valence-corrected chi connectivity index (χ4v) is 2.01. The Labute approximate surface area is 92.5 Å². The van der Waals surface area contributed by atoms with Crippen molar-refractivity contribution >= 4 is 0 Å². The van der Waals surface area contributed by atoms with Crippen molar-refractivity contribution in [1.82, 2.24) is 0 Å². The molecule has 0 saturated carbocycles. The largest absolute Gasteiger partial charge is 0.384 e. The summed E-state index contributed by atoms with van der Waals surface area (Å²) in [6, 6.07) is 9.82. The Morgan fingerprint density at radius 1 is 1.20 bits per heavy atom. The molecule has 1 aromatic rings. The fraction of sp³-hybridized carbons (Fsp3) is 0.429. The predicted molar refractivity (Wildman–Crippen MR) is 64.5 cm³/mol. The lowest BCUT2D eigenvalue weighted by Crippen LogP contribution is -2.38. The van der Waals surface area contributed by atoms with Gasteiger partial charge in [-0.2, -0.15) is 0 Å². The zero-order valence-corrected chi connectivity index (χ0v) is 9.77. The Hall–Kier alpha value is -1.08. The summed E-state index contributed by atoms with van der Waals surface area (Å²) in [4.78, 5) is 0. The molecule has 0 bridgehead atoms. The highest BCUT2D eigenvalue weighted by molar-refractivity contribution is 5.25. The molecule has 1 nitrogen and oxygen atoms in total. The molecule has 0 aromatic heterocycles. The summed E-state index contributed by atoms with van der Waals surface area (Å²) in [7, 11) is 0. The third-order valence-corrected chi connectivity index (χ3v) is 3.16. The summed E-state index contributed by atoms with van der Waals surface area (Å²) in [5.74, 6) is 0.202. The maximum absolute atomic E-state index is 10.8. The molecule has 1 N–H and O–H groups in total. The fourth-order valence-electron chi connectivity index (χ4n) is 2.01. The van der Waals surface area contributed by atoms with Gasteiger partial charge in [-0.05, 0) is 11.5 Å². The van der Waals surface area contributed by atoms with Crippen molar-refractivity contribution in [3.05, 3.63) is 48.6 Å². The number of rotatable bonds is 4. The molecule has 82 valence electrons. The van der Waals surface area contributed by atoms with Gasteiger partial charge in [-0.1, -0.05) is 57.2 Å². The van der Waals surface area contributed by atoms with Crippen LogP contribution in [0.4, 0.5) is 0 Å². The van der Waals surface area contributed by atoms with E-state index in [1.54, 1.807) is 0 Å². The maximum Gasteiger partial charge on any atom is 0.0978 e. The van der Waals surface area contributed by atoms with Gasteiger partial charge in [0.05, 0.1) is 5.60 Å². The normalized spacial score (nSPS) is 17.1. The van der Waals surface area contributed by atoms with Gasteiger partial charge in [0.25, 0.3) is 0 Å². The van der Waals surface area contributed by atoms with Gasteiger partial charge in [-0.15, -0.1) is 6.58 Å². The number of aliphatic hydroxyl groups is 1. The van der Waals surface area contributed by atoms with Crippen LogP contribution in [-0.4, -0.2) is 5.11 Å². The van der Waals surface area contributed by atoms with E-state index in [2.05, 4.69) is 6.58 Å². The molecule has 1 aromatic carbocycles. The molecule has 2 atom stereocenters. The lowest BCUT2D eigenvalue weighted by atomic mass is 9.74. The molecule has 0 radical (unpaired) electrons. The molecule has 1 rings (SSSR count). The van der Waals surface area contributed by atoms with Crippen molar-refractivity contribution in [2.45, 2.75) is 26.4 Å². The van der Waals surface area contributed by atoms with Gasteiger partial charge < -0.3 is 5.11 Å². The zero-order valence-electron chi connectivity index (χ0n) is 9.77. The molecule has 0 aliphatic rings. The van der Waals surface area contributed by atoms with E-state index in [-0.39, 0.29) is 11.8 Å². The van der Waals surface area contributed by atoms with Gasteiger partial charge in [0, 0.05) is 5.92 Å². The van der Waals surface area contributed by atoms with Gasteiger partial charge in [0.15, 0.2) is 0 Å². The van der Waals surface area contributed by atoms with E-state index >= 15 is 0 Å². The second-order valence-electron chi connectivity index (χ2n) is 4.37. The Bertz CT molecular complexity index is 315. The first-order valence-corrected chi connectivity index (χ1v) is 5.44. The number of hydrogen-bond donors (Lipinski definition) is 1. The Morgan fingerprint density at radius 2 is 1.73 bits per heavy atom. The SMILES string of the molecule is C=CC(C)C(O)(c1ccccc1)C(C)C. The highest BCUT2D eigenvalue weighted by Gasteiger charge is 2.37. The Kier molecular flexibility index (Phi) is 3.70. The minimum Gasteiger partial charge on any atom is -0.384 e. The average molecular weight is 204 g/mol. The maximum atomic E-state index is 10.8. The Morgan fingerprint density at radius 3 is 2.13 bits per heavy atom. The summed E-state index contributed by atoms with van der Waals surface area (Å²) in [5, 5.41) is 10.8. The summed E-state index contributed by atoms with van der Waals surface area (Å²) in [5.41, 5.74) is 0.149. The summed E-state index contributed by atoms with van der Waals surface area (Å²) < 4.78 is 0. The third-order valence-electron chi connectivity index (χ3n) is 3.16. The highest BCUT2D eigenvalue weighted by atomic mass is 16.3. The molecule has 15 heavy (non-hydrogen) atoms. The van der Waals surface area contributed by atoms with Crippen molar-refractivity contribution in [2.24, 2.45) is 11.8 Å². The summed E-state index contributed by atoms with van der Waals surface area (Å²) in [6.07, 6.45) is 1.81. The number of hydrogen-bond acceptors (Lipinski definition) is 1. The molecule has 0 aliphatic heterocycles. The summed E-state index contributed by atoms with van der Waals surface area (Å²) >= 11 is 0. The van der Waals surface area contributed by atoms with Crippen LogP contribution in [0.2, 0.25) is 0 Å². The first-order valence-electron chi connectivity index (χ1n) is 5.44. The van der Waals surface area contributed by atoms with Crippen LogP contribution in [0.25, 0.3) is 0 Å². The second kappa shape index (κ2) is 4.63. The van der Waals surface area contributed by atoms with E-state index in [0.29, 0.717) is 0 Å². The number of benzene rings is 1. The minimum atomic E-state index is -0.816. The van der Waals surface area contributed by atoms with Crippen LogP contribution in [0.1, 0.15) is 26.3 Å². The molecule has 0 aliphatic carbocycles. The highest BCUT2D eigenvalue weighted by Crippen LogP contribution is 2.37. The quantitative estimate of drug-likeness (QED) is 0.746. The molecule has 0 amide bonds. The van der Waals surface area contributed by atoms with Crippen LogP contribution < -0.4 is 0 Å². The van der Waals surface area contributed by atoms with Gasteiger partial charge in [0.1, 0.15) is 0 Å². The first kappa shape index (κ1) is 12.0. The van der Waals surface area contributed by atoms with E-state index < -0.39 is 5.60 Å². The van der Waals surface area contributed by atoms with Crippen molar-refractivity contribution in [1.29, 1.82) is 0 Å². The van der Waals surface area contributed by atoms with Crippen molar-refractivity contribution in [3.8, 4) is 0 Å². The standard InChI is InChI=1S/C14H20O/c1-5-12(4)14(15,11(2)3)13-9-7-6-8-10-13/h5-12,15H,1H2,2-4H3. The molecule has 0 saturated heterocycles. The molecule has 0 spiro atoms. The zero-order chi connectivity index (χ0) is 11.5. The summed E-state index contributed by atoms with van der Waals surface area (Å²) in [6.45, 7) is 9.84. The van der Waals surface area contributed by atoms with Gasteiger partial charge in [-0.3, -0.25) is 0 Å². The van der Waals surface area contributed by atoms with Gasteiger partial charge in [-0.25, -0.2) is 0 Å². The van der Waals surface area contributed by atoms with E-state index in [4.69, 9.17) is 0 Å². The van der Waals surface area contributed by atoms with E-state index in [9.17, 15) is 5.11 Å². The lowest BCUT2D eigenvalue weighted by Gasteiger charge is -2.37. The topological polar surface area (TPSA) is 20.2 Å². The lowest BCUT2D eigenvalue weighted by molar-refractivity contribution is -0.0432. The van der Waals surface area contributed by atoms with Crippen LogP contribution in [0, 0.1) is 11.8 Å². The molecule has 0 fully saturated rings. The van der Waals surface area contributed by atoms with E-state index in [0.717, 1.165) is 5.56 Å². The third kappa shape index (κ3) is 2.13.